The van der Waals surface area contributed by atoms with Crippen molar-refractivity contribution < 1.29 is 19.0 Å². The number of rotatable bonds is 4. The Labute approximate surface area is 136 Å². The number of benzene rings is 1. The highest BCUT2D eigenvalue weighted by molar-refractivity contribution is 5.83. The molecule has 4 atom stereocenters. The van der Waals surface area contributed by atoms with Gasteiger partial charge in [0.15, 0.2) is 6.10 Å². The molecule has 1 amide bonds. The van der Waals surface area contributed by atoms with Crippen molar-refractivity contribution in [3.63, 3.8) is 0 Å². The smallest absolute Gasteiger partial charge is 0.264 e. The first-order valence-corrected chi connectivity index (χ1v) is 8.40. The van der Waals surface area contributed by atoms with E-state index >= 15 is 0 Å². The first-order valence-electron chi connectivity index (χ1n) is 8.40. The van der Waals surface area contributed by atoms with E-state index in [1.165, 1.54) is 0 Å². The summed E-state index contributed by atoms with van der Waals surface area (Å²) in [6.07, 6.45) is 1.49. The van der Waals surface area contributed by atoms with E-state index in [9.17, 15) is 4.79 Å². The fraction of sp³-hybridized carbons (Fsp3) is 0.611. The Bertz CT molecular complexity index is 565. The highest BCUT2D eigenvalue weighted by atomic mass is 16.5. The summed E-state index contributed by atoms with van der Waals surface area (Å²) in [7, 11) is 1.73. The molecule has 0 aromatic heterocycles. The second-order valence-corrected chi connectivity index (χ2v) is 6.74. The molecule has 2 saturated heterocycles. The van der Waals surface area contributed by atoms with E-state index in [2.05, 4.69) is 0 Å². The molecule has 0 N–H and O–H groups in total. The maximum atomic E-state index is 12.8. The zero-order chi connectivity index (χ0) is 15.8. The van der Waals surface area contributed by atoms with Crippen LogP contribution in [0.4, 0.5) is 0 Å². The Morgan fingerprint density at radius 3 is 3.04 bits per heavy atom. The van der Waals surface area contributed by atoms with Gasteiger partial charge in [-0.25, -0.2) is 0 Å². The zero-order valence-corrected chi connectivity index (χ0v) is 13.4. The molecule has 2 fully saturated rings. The van der Waals surface area contributed by atoms with Crippen LogP contribution in [0.2, 0.25) is 0 Å². The maximum absolute atomic E-state index is 12.8. The fourth-order valence-corrected chi connectivity index (χ4v) is 4.07. The molecular weight excluding hydrogens is 294 g/mol. The van der Waals surface area contributed by atoms with Gasteiger partial charge in [-0.2, -0.15) is 0 Å². The molecule has 1 aromatic carbocycles. The van der Waals surface area contributed by atoms with Crippen molar-refractivity contribution >= 4 is 5.91 Å². The number of methoxy groups -OCH3 is 1. The second kappa shape index (κ2) is 6.13. The molecule has 1 unspecified atom stereocenters. The van der Waals surface area contributed by atoms with E-state index in [4.69, 9.17) is 14.2 Å². The summed E-state index contributed by atoms with van der Waals surface area (Å²) >= 11 is 0. The first-order chi connectivity index (χ1) is 11.3. The van der Waals surface area contributed by atoms with Crippen molar-refractivity contribution in [3.05, 3.63) is 29.8 Å². The molecule has 3 aliphatic heterocycles. The van der Waals surface area contributed by atoms with E-state index in [0.29, 0.717) is 24.8 Å². The van der Waals surface area contributed by atoms with E-state index in [1.54, 1.807) is 7.11 Å². The van der Waals surface area contributed by atoms with Crippen LogP contribution >= 0.6 is 0 Å². The third-order valence-corrected chi connectivity index (χ3v) is 5.37. The van der Waals surface area contributed by atoms with Gasteiger partial charge in [0, 0.05) is 39.1 Å². The fourth-order valence-electron chi connectivity index (χ4n) is 4.07. The van der Waals surface area contributed by atoms with E-state index in [0.717, 1.165) is 37.5 Å². The Morgan fingerprint density at radius 1 is 1.35 bits per heavy atom. The average molecular weight is 317 g/mol. The maximum Gasteiger partial charge on any atom is 0.264 e. The molecule has 124 valence electrons. The Hall–Kier alpha value is -1.59. The van der Waals surface area contributed by atoms with Crippen molar-refractivity contribution in [1.29, 1.82) is 0 Å². The van der Waals surface area contributed by atoms with Crippen molar-refractivity contribution in [1.82, 2.24) is 4.90 Å². The lowest BCUT2D eigenvalue weighted by Crippen LogP contribution is -2.41. The van der Waals surface area contributed by atoms with Gasteiger partial charge < -0.3 is 19.1 Å². The number of ether oxygens (including phenoxy) is 3. The van der Waals surface area contributed by atoms with Crippen LogP contribution in [-0.2, 0) is 20.7 Å². The monoisotopic (exact) mass is 317 g/mol. The molecule has 3 aliphatic rings. The van der Waals surface area contributed by atoms with Crippen LogP contribution in [-0.4, -0.2) is 56.4 Å². The number of hydrogen-bond donors (Lipinski definition) is 0. The molecule has 4 rings (SSSR count). The van der Waals surface area contributed by atoms with Gasteiger partial charge in [0.2, 0.25) is 0 Å². The lowest BCUT2D eigenvalue weighted by molar-refractivity contribution is -0.137. The third kappa shape index (κ3) is 2.72. The number of fused-ring (bicyclic) bond motifs is 2. The number of likely N-dealkylation sites (tertiary alicyclic amines) is 1. The molecule has 0 radical (unpaired) electrons. The summed E-state index contributed by atoms with van der Waals surface area (Å²) in [6, 6.07) is 7.90. The lowest BCUT2D eigenvalue weighted by atomic mass is 9.91. The van der Waals surface area contributed by atoms with Crippen LogP contribution in [0.5, 0.6) is 5.75 Å². The van der Waals surface area contributed by atoms with Crippen molar-refractivity contribution in [2.24, 2.45) is 11.8 Å². The summed E-state index contributed by atoms with van der Waals surface area (Å²) in [4.78, 5) is 14.7. The van der Waals surface area contributed by atoms with Crippen LogP contribution < -0.4 is 4.74 Å². The van der Waals surface area contributed by atoms with Crippen LogP contribution in [0.3, 0.4) is 0 Å². The minimum atomic E-state index is -0.372. The third-order valence-electron chi connectivity index (χ3n) is 5.37. The SMILES string of the molecule is COCC[C@H]1CO[C@H]2CN(C(=O)C3Cc4ccccc4O3)C[C@@H]12. The van der Waals surface area contributed by atoms with Crippen LogP contribution in [0, 0.1) is 11.8 Å². The molecule has 0 saturated carbocycles. The summed E-state index contributed by atoms with van der Waals surface area (Å²) in [6.45, 7) is 3.04. The van der Waals surface area contributed by atoms with Gasteiger partial charge in [0.05, 0.1) is 12.7 Å². The molecule has 0 spiro atoms. The largest absolute Gasteiger partial charge is 0.480 e. The van der Waals surface area contributed by atoms with Gasteiger partial charge in [-0.05, 0) is 24.0 Å². The first kappa shape index (κ1) is 15.0. The van der Waals surface area contributed by atoms with Gasteiger partial charge >= 0.3 is 0 Å². The molecule has 0 aliphatic carbocycles. The van der Waals surface area contributed by atoms with Crippen LogP contribution in [0.15, 0.2) is 24.3 Å². The average Bonchev–Trinajstić information content (AvgIpc) is 3.25. The summed E-state index contributed by atoms with van der Waals surface area (Å²) in [5.41, 5.74) is 1.12. The van der Waals surface area contributed by atoms with Crippen molar-refractivity contribution in [2.45, 2.75) is 25.0 Å². The molecular formula is C18H23NO4. The van der Waals surface area contributed by atoms with Gasteiger partial charge in [-0.15, -0.1) is 0 Å². The molecule has 5 nitrogen and oxygen atoms in total. The topological polar surface area (TPSA) is 48.0 Å². The number of carbonyl (C=O) groups excluding carboxylic acids is 1. The number of hydrogen-bond acceptors (Lipinski definition) is 4. The summed E-state index contributed by atoms with van der Waals surface area (Å²) in [5, 5.41) is 0. The minimum Gasteiger partial charge on any atom is -0.480 e. The summed E-state index contributed by atoms with van der Waals surface area (Å²) in [5.74, 6) is 1.89. The predicted molar refractivity (Wildman–Crippen MR) is 84.4 cm³/mol. The Balaban J connectivity index is 1.38. The predicted octanol–water partition coefficient (Wildman–Crippen LogP) is 1.50. The van der Waals surface area contributed by atoms with E-state index in [-0.39, 0.29) is 18.1 Å². The second-order valence-electron chi connectivity index (χ2n) is 6.74. The van der Waals surface area contributed by atoms with Gasteiger partial charge in [0.25, 0.3) is 5.91 Å². The number of nitrogens with zero attached hydrogens (tertiary/aromatic N) is 1. The normalized spacial score (nSPS) is 31.8. The van der Waals surface area contributed by atoms with E-state index < -0.39 is 0 Å². The van der Waals surface area contributed by atoms with E-state index in [1.807, 2.05) is 29.2 Å². The van der Waals surface area contributed by atoms with Gasteiger partial charge in [0.1, 0.15) is 5.75 Å². The molecule has 5 heteroatoms. The molecule has 0 bridgehead atoms. The Kier molecular flexibility index (Phi) is 3.99. The van der Waals surface area contributed by atoms with Crippen molar-refractivity contribution in [3.8, 4) is 5.75 Å². The molecule has 3 heterocycles. The standard InChI is InChI=1S/C18H23NO4/c1-21-7-6-13-11-22-17-10-19(9-14(13)17)18(20)16-8-12-4-2-3-5-15(12)23-16/h2-5,13-14,16-17H,6-11H2,1H3/t13-,14-,16?,17-/m0/s1. The van der Waals surface area contributed by atoms with Gasteiger partial charge in [-0.1, -0.05) is 18.2 Å². The zero-order valence-electron chi connectivity index (χ0n) is 13.4. The minimum absolute atomic E-state index is 0.102. The van der Waals surface area contributed by atoms with Crippen LogP contribution in [0.1, 0.15) is 12.0 Å². The lowest BCUT2D eigenvalue weighted by Gasteiger charge is -2.22. The Morgan fingerprint density at radius 2 is 2.22 bits per heavy atom. The number of amides is 1. The van der Waals surface area contributed by atoms with Crippen molar-refractivity contribution in [2.75, 3.05) is 33.4 Å². The molecule has 1 aromatic rings. The highest BCUT2D eigenvalue weighted by Crippen LogP contribution is 2.37. The van der Waals surface area contributed by atoms with Gasteiger partial charge in [-0.3, -0.25) is 4.79 Å². The quantitative estimate of drug-likeness (QED) is 0.844. The highest BCUT2D eigenvalue weighted by Gasteiger charge is 2.46. The number of carbonyl (C=O) groups is 1. The molecule has 23 heavy (non-hydrogen) atoms. The summed E-state index contributed by atoms with van der Waals surface area (Å²) < 4.78 is 16.9. The van der Waals surface area contributed by atoms with Crippen LogP contribution in [0.25, 0.3) is 0 Å². The number of para-hydroxylation sites is 1.